The van der Waals surface area contributed by atoms with E-state index in [1.165, 1.54) is 6.42 Å². The Kier molecular flexibility index (Phi) is 7.38. The van der Waals surface area contributed by atoms with Crippen molar-refractivity contribution in [1.29, 1.82) is 0 Å². The highest BCUT2D eigenvalue weighted by atomic mass is 32.1. The molecule has 2 aromatic rings. The van der Waals surface area contributed by atoms with Crippen molar-refractivity contribution in [3.63, 3.8) is 0 Å². The molecule has 0 aliphatic carbocycles. The first kappa shape index (κ1) is 20.2. The van der Waals surface area contributed by atoms with Crippen LogP contribution in [0.25, 0.3) is 11.4 Å². The summed E-state index contributed by atoms with van der Waals surface area (Å²) in [5, 5.41) is 10.1. The van der Waals surface area contributed by atoms with Crippen LogP contribution in [0, 0.1) is 10.7 Å². The van der Waals surface area contributed by atoms with Gasteiger partial charge in [0, 0.05) is 11.6 Å². The number of benzene rings is 1. The maximum absolute atomic E-state index is 12.4. The van der Waals surface area contributed by atoms with Crippen LogP contribution in [0.2, 0.25) is 0 Å². The Hall–Kier alpha value is -2.15. The smallest absolute Gasteiger partial charge is 0.240 e. The van der Waals surface area contributed by atoms with Gasteiger partial charge in [0.2, 0.25) is 5.91 Å². The van der Waals surface area contributed by atoms with Crippen LogP contribution in [0.15, 0.2) is 24.3 Å². The van der Waals surface area contributed by atoms with E-state index in [1.807, 2.05) is 31.2 Å². The monoisotopic (exact) mass is 376 g/mol. The molecule has 0 radical (unpaired) electrons. The van der Waals surface area contributed by atoms with E-state index in [-0.39, 0.29) is 18.5 Å². The van der Waals surface area contributed by atoms with E-state index in [0.717, 1.165) is 24.2 Å². The lowest BCUT2D eigenvalue weighted by atomic mass is 10.0. The van der Waals surface area contributed by atoms with Gasteiger partial charge < -0.3 is 10.1 Å². The number of ether oxygens (including phenoxy) is 1. The second-order valence-electron chi connectivity index (χ2n) is 6.96. The summed E-state index contributed by atoms with van der Waals surface area (Å²) >= 11 is 5.29. The van der Waals surface area contributed by atoms with Gasteiger partial charge in [-0.1, -0.05) is 26.7 Å². The van der Waals surface area contributed by atoms with Crippen LogP contribution in [0.1, 0.15) is 40.0 Å². The average molecular weight is 377 g/mol. The van der Waals surface area contributed by atoms with Gasteiger partial charge in [-0.2, -0.15) is 5.10 Å². The lowest BCUT2D eigenvalue weighted by Crippen LogP contribution is -2.35. The molecular formula is C19H28N4O2S. The number of hydrogen-bond donors (Lipinski definition) is 2. The zero-order valence-electron chi connectivity index (χ0n) is 15.9. The molecule has 142 valence electrons. The quantitative estimate of drug-likeness (QED) is 0.650. The number of aromatic nitrogens is 3. The summed E-state index contributed by atoms with van der Waals surface area (Å²) in [4.78, 5) is 12.4. The molecule has 0 bridgehead atoms. The van der Waals surface area contributed by atoms with Crippen LogP contribution in [-0.4, -0.2) is 33.8 Å². The first-order valence-electron chi connectivity index (χ1n) is 8.99. The molecule has 1 unspecified atom stereocenters. The molecule has 7 heteroatoms. The van der Waals surface area contributed by atoms with Crippen molar-refractivity contribution in [2.75, 3.05) is 7.11 Å². The number of carbonyl (C=O) groups excluding carboxylic acids is 1. The van der Waals surface area contributed by atoms with Crippen molar-refractivity contribution in [2.45, 2.75) is 52.6 Å². The van der Waals surface area contributed by atoms with E-state index in [0.29, 0.717) is 16.5 Å². The number of hydrogen-bond acceptors (Lipinski definition) is 4. The Bertz CT molecular complexity index is 765. The number of methoxy groups -OCH3 is 1. The summed E-state index contributed by atoms with van der Waals surface area (Å²) in [6.07, 6.45) is 3.27. The largest absolute Gasteiger partial charge is 0.497 e. The summed E-state index contributed by atoms with van der Waals surface area (Å²) in [6, 6.07) is 7.65. The van der Waals surface area contributed by atoms with Crippen molar-refractivity contribution >= 4 is 18.1 Å². The first-order chi connectivity index (χ1) is 12.4. The highest BCUT2D eigenvalue weighted by Crippen LogP contribution is 2.20. The minimum Gasteiger partial charge on any atom is -0.497 e. The number of rotatable bonds is 9. The van der Waals surface area contributed by atoms with Gasteiger partial charge in [-0.15, -0.1) is 0 Å². The Labute approximate surface area is 160 Å². The lowest BCUT2D eigenvalue weighted by molar-refractivity contribution is -0.122. The maximum atomic E-state index is 12.4. The van der Waals surface area contributed by atoms with Crippen LogP contribution in [-0.2, 0) is 11.3 Å². The highest BCUT2D eigenvalue weighted by molar-refractivity contribution is 7.71. The lowest BCUT2D eigenvalue weighted by Gasteiger charge is -2.15. The third kappa shape index (κ3) is 5.69. The Morgan fingerprint density at radius 2 is 1.96 bits per heavy atom. The van der Waals surface area contributed by atoms with Crippen molar-refractivity contribution in [3.05, 3.63) is 29.0 Å². The van der Waals surface area contributed by atoms with Crippen LogP contribution in [0.4, 0.5) is 0 Å². The fourth-order valence-corrected chi connectivity index (χ4v) is 2.99. The molecule has 26 heavy (non-hydrogen) atoms. The van der Waals surface area contributed by atoms with Crippen LogP contribution in [0.3, 0.4) is 0 Å². The number of nitrogens with zero attached hydrogens (tertiary/aromatic N) is 2. The topological polar surface area (TPSA) is 71.9 Å². The zero-order valence-corrected chi connectivity index (χ0v) is 16.7. The molecule has 0 aliphatic heterocycles. The molecule has 0 spiro atoms. The van der Waals surface area contributed by atoms with Crippen molar-refractivity contribution < 1.29 is 9.53 Å². The summed E-state index contributed by atoms with van der Waals surface area (Å²) in [5.41, 5.74) is 0.871. The second-order valence-corrected chi connectivity index (χ2v) is 7.35. The van der Waals surface area contributed by atoms with Crippen LogP contribution < -0.4 is 10.1 Å². The molecule has 6 nitrogen and oxygen atoms in total. The van der Waals surface area contributed by atoms with Gasteiger partial charge in [-0.05, 0) is 55.7 Å². The number of carbonyl (C=O) groups is 1. The molecule has 2 rings (SSSR count). The molecule has 0 aliphatic rings. The molecule has 1 aromatic heterocycles. The average Bonchev–Trinajstić information content (AvgIpc) is 2.95. The first-order valence-corrected chi connectivity index (χ1v) is 9.40. The molecule has 2 N–H and O–H groups in total. The van der Waals surface area contributed by atoms with Gasteiger partial charge >= 0.3 is 0 Å². The number of aromatic amines is 1. The van der Waals surface area contributed by atoms with Gasteiger partial charge in [0.15, 0.2) is 10.6 Å². The summed E-state index contributed by atoms with van der Waals surface area (Å²) < 4.78 is 7.32. The molecular weight excluding hydrogens is 348 g/mol. The summed E-state index contributed by atoms with van der Waals surface area (Å²) in [6.45, 7) is 6.61. The van der Waals surface area contributed by atoms with Crippen molar-refractivity contribution in [1.82, 2.24) is 20.1 Å². The number of nitrogens with one attached hydrogen (secondary N) is 2. The number of amides is 1. The fourth-order valence-electron chi connectivity index (χ4n) is 2.79. The molecule has 0 saturated heterocycles. The van der Waals surface area contributed by atoms with Gasteiger partial charge in [0.1, 0.15) is 12.3 Å². The molecule has 1 heterocycles. The highest BCUT2D eigenvalue weighted by Gasteiger charge is 2.14. The third-order valence-corrected chi connectivity index (χ3v) is 4.55. The van der Waals surface area contributed by atoms with E-state index in [2.05, 4.69) is 29.4 Å². The van der Waals surface area contributed by atoms with Gasteiger partial charge in [0.25, 0.3) is 0 Å². The Balaban J connectivity index is 2.01. The van der Waals surface area contributed by atoms with E-state index >= 15 is 0 Å². The summed E-state index contributed by atoms with van der Waals surface area (Å²) in [7, 11) is 1.62. The molecule has 0 fully saturated rings. The van der Waals surface area contributed by atoms with E-state index in [4.69, 9.17) is 17.0 Å². The minimum atomic E-state index is -0.0608. The van der Waals surface area contributed by atoms with Crippen LogP contribution >= 0.6 is 12.2 Å². The van der Waals surface area contributed by atoms with E-state index < -0.39 is 0 Å². The van der Waals surface area contributed by atoms with Gasteiger partial charge in [-0.25, -0.2) is 0 Å². The van der Waals surface area contributed by atoms with Crippen molar-refractivity contribution in [3.8, 4) is 17.1 Å². The second kappa shape index (κ2) is 9.52. The normalized spacial score (nSPS) is 12.2. The predicted molar refractivity (Wildman–Crippen MR) is 106 cm³/mol. The molecule has 1 aromatic carbocycles. The van der Waals surface area contributed by atoms with E-state index in [9.17, 15) is 4.79 Å². The third-order valence-electron chi connectivity index (χ3n) is 4.23. The Morgan fingerprint density at radius 3 is 2.58 bits per heavy atom. The van der Waals surface area contributed by atoms with Crippen LogP contribution in [0.5, 0.6) is 5.75 Å². The molecule has 1 amide bonds. The standard InChI is InChI=1S/C19H28N4O2S/c1-13(2)6-5-7-14(3)20-17(24)12-23-18(21-22-19(23)26)15-8-10-16(25-4)11-9-15/h8-11,13-14H,5-7,12H2,1-4H3,(H,20,24)(H,22,26). The zero-order chi connectivity index (χ0) is 19.1. The van der Waals surface area contributed by atoms with E-state index in [1.54, 1.807) is 11.7 Å². The SMILES string of the molecule is COc1ccc(-c2n[nH]c(=S)n2CC(=O)NC(C)CCCC(C)C)cc1. The number of H-pyrrole nitrogens is 1. The maximum Gasteiger partial charge on any atom is 0.240 e. The minimum absolute atomic E-state index is 0.0608. The Morgan fingerprint density at radius 1 is 1.27 bits per heavy atom. The fraction of sp³-hybridized carbons (Fsp3) is 0.526. The van der Waals surface area contributed by atoms with Crippen molar-refractivity contribution in [2.24, 2.45) is 5.92 Å². The molecule has 1 atom stereocenters. The van der Waals surface area contributed by atoms with Gasteiger partial charge in [0.05, 0.1) is 7.11 Å². The molecule has 0 saturated carbocycles. The summed E-state index contributed by atoms with van der Waals surface area (Å²) in [5.74, 6) is 2.03. The van der Waals surface area contributed by atoms with Gasteiger partial charge in [-0.3, -0.25) is 14.5 Å². The predicted octanol–water partition coefficient (Wildman–Crippen LogP) is 3.95.